The lowest BCUT2D eigenvalue weighted by atomic mass is 10.1. The summed E-state index contributed by atoms with van der Waals surface area (Å²) in [7, 11) is 0. The zero-order valence-electron chi connectivity index (χ0n) is 19.7. The number of aromatic hydroxyl groups is 1. The van der Waals surface area contributed by atoms with E-state index in [-0.39, 0.29) is 30.3 Å². The van der Waals surface area contributed by atoms with Gasteiger partial charge < -0.3 is 19.6 Å². The van der Waals surface area contributed by atoms with Crippen molar-refractivity contribution in [2.24, 2.45) is 0 Å². The van der Waals surface area contributed by atoms with Crippen molar-refractivity contribution in [3.8, 4) is 5.75 Å². The monoisotopic (exact) mass is 453 g/mol. The van der Waals surface area contributed by atoms with Crippen LogP contribution in [0.4, 0.5) is 0 Å². The van der Waals surface area contributed by atoms with Crippen molar-refractivity contribution in [2.75, 3.05) is 45.9 Å². The molecule has 2 aromatic rings. The summed E-state index contributed by atoms with van der Waals surface area (Å²) in [6.07, 6.45) is 0.513. The molecule has 7 heteroatoms. The average molecular weight is 454 g/mol. The van der Waals surface area contributed by atoms with E-state index in [1.54, 1.807) is 17.0 Å². The summed E-state index contributed by atoms with van der Waals surface area (Å²) in [5.41, 5.74) is 2.20. The number of hydrogen-bond acceptors (Lipinski definition) is 5. The van der Waals surface area contributed by atoms with Crippen molar-refractivity contribution in [2.45, 2.75) is 32.9 Å². The molecule has 1 N–H and O–H groups in total. The molecule has 0 radical (unpaired) electrons. The topological polar surface area (TPSA) is 73.3 Å². The van der Waals surface area contributed by atoms with E-state index < -0.39 is 0 Å². The van der Waals surface area contributed by atoms with Gasteiger partial charge in [-0.3, -0.25) is 14.5 Å². The van der Waals surface area contributed by atoms with Crippen LogP contribution in [-0.2, 0) is 27.3 Å². The Morgan fingerprint density at radius 3 is 2.39 bits per heavy atom. The van der Waals surface area contributed by atoms with Crippen LogP contribution < -0.4 is 0 Å². The second-order valence-corrected chi connectivity index (χ2v) is 8.41. The smallest absolute Gasteiger partial charge is 0.248 e. The molecule has 33 heavy (non-hydrogen) atoms. The number of rotatable bonds is 10. The van der Waals surface area contributed by atoms with Gasteiger partial charge in [-0.05, 0) is 43.5 Å². The Morgan fingerprint density at radius 1 is 1.03 bits per heavy atom. The van der Waals surface area contributed by atoms with Crippen molar-refractivity contribution in [1.82, 2.24) is 14.7 Å². The molecule has 3 rings (SSSR count). The van der Waals surface area contributed by atoms with Crippen molar-refractivity contribution in [1.29, 1.82) is 0 Å². The Bertz CT molecular complexity index is 884. The normalized spacial score (nSPS) is 17.1. The fourth-order valence-corrected chi connectivity index (χ4v) is 4.12. The molecule has 0 unspecified atom stereocenters. The molecule has 1 atom stereocenters. The Kier molecular flexibility index (Phi) is 9.27. The largest absolute Gasteiger partial charge is 0.508 e. The minimum absolute atomic E-state index is 0.0140. The maximum atomic E-state index is 13.1. The van der Waals surface area contributed by atoms with Gasteiger partial charge in [0.2, 0.25) is 11.8 Å². The highest BCUT2D eigenvalue weighted by atomic mass is 16.5. The van der Waals surface area contributed by atoms with Crippen LogP contribution in [0.3, 0.4) is 0 Å². The Morgan fingerprint density at radius 2 is 1.73 bits per heavy atom. The molecule has 178 valence electrons. The lowest BCUT2D eigenvalue weighted by molar-refractivity contribution is -0.138. The molecule has 0 saturated carbocycles. The number of amides is 2. The van der Waals surface area contributed by atoms with Crippen LogP contribution in [0.5, 0.6) is 5.75 Å². The quantitative estimate of drug-likeness (QED) is 0.599. The van der Waals surface area contributed by atoms with E-state index in [0.717, 1.165) is 12.0 Å². The molecule has 0 aliphatic carbocycles. The van der Waals surface area contributed by atoms with Gasteiger partial charge in [0.05, 0.1) is 12.6 Å². The maximum Gasteiger partial charge on any atom is 0.248 e. The molecular weight excluding hydrogens is 418 g/mol. The second-order valence-electron chi connectivity index (χ2n) is 8.41. The first-order valence-electron chi connectivity index (χ1n) is 11.7. The molecule has 0 bridgehead atoms. The van der Waals surface area contributed by atoms with E-state index in [1.807, 2.05) is 49.1 Å². The van der Waals surface area contributed by atoms with Crippen molar-refractivity contribution >= 4 is 11.8 Å². The van der Waals surface area contributed by atoms with Gasteiger partial charge >= 0.3 is 0 Å². The van der Waals surface area contributed by atoms with Gasteiger partial charge in [-0.2, -0.15) is 0 Å². The third kappa shape index (κ3) is 7.58. The summed E-state index contributed by atoms with van der Waals surface area (Å²) < 4.78 is 6.06. The first-order chi connectivity index (χ1) is 16.0. The van der Waals surface area contributed by atoms with Crippen LogP contribution in [0, 0.1) is 0 Å². The van der Waals surface area contributed by atoms with Gasteiger partial charge in [0.15, 0.2) is 0 Å². The molecule has 1 aliphatic rings. The highest BCUT2D eigenvalue weighted by molar-refractivity contribution is 5.79. The summed E-state index contributed by atoms with van der Waals surface area (Å²) >= 11 is 0. The highest BCUT2D eigenvalue weighted by Gasteiger charge is 2.29. The van der Waals surface area contributed by atoms with E-state index in [9.17, 15) is 14.7 Å². The molecule has 1 saturated heterocycles. The number of carbonyl (C=O) groups excluding carboxylic acids is 2. The fourth-order valence-electron chi connectivity index (χ4n) is 4.12. The summed E-state index contributed by atoms with van der Waals surface area (Å²) in [6, 6.07) is 17.1. The Balaban J connectivity index is 1.68. The van der Waals surface area contributed by atoms with Gasteiger partial charge in [-0.15, -0.1) is 0 Å². The van der Waals surface area contributed by atoms with Crippen LogP contribution in [0.15, 0.2) is 54.6 Å². The SMILES string of the molecule is CCN(CC)C(=O)CO[C@@H]1CN(Cc2ccc(O)cc2)CC(=O)N(CCc2ccccc2)C1. The molecule has 0 spiro atoms. The summed E-state index contributed by atoms with van der Waals surface area (Å²) in [5, 5.41) is 9.56. The summed E-state index contributed by atoms with van der Waals surface area (Å²) in [6.45, 7) is 7.72. The lowest BCUT2D eigenvalue weighted by Gasteiger charge is -2.26. The number of phenolic OH excluding ortho intramolecular Hbond substituents is 1. The predicted molar refractivity (Wildman–Crippen MR) is 128 cm³/mol. The number of benzene rings is 2. The summed E-state index contributed by atoms with van der Waals surface area (Å²) in [4.78, 5) is 31.2. The zero-order chi connectivity index (χ0) is 23.6. The highest BCUT2D eigenvalue weighted by Crippen LogP contribution is 2.16. The number of phenols is 1. The van der Waals surface area contributed by atoms with Gasteiger partial charge in [0.25, 0.3) is 0 Å². The maximum absolute atomic E-state index is 13.1. The molecule has 7 nitrogen and oxygen atoms in total. The molecule has 0 aromatic heterocycles. The van der Waals surface area contributed by atoms with E-state index in [4.69, 9.17) is 4.74 Å². The molecule has 2 amide bonds. The van der Waals surface area contributed by atoms with Crippen molar-refractivity contribution in [3.05, 3.63) is 65.7 Å². The number of hydrogen-bond donors (Lipinski definition) is 1. The van der Waals surface area contributed by atoms with Crippen LogP contribution in [-0.4, -0.2) is 83.6 Å². The number of likely N-dealkylation sites (N-methyl/N-ethyl adjacent to an activating group) is 1. The van der Waals surface area contributed by atoms with Crippen LogP contribution in [0.2, 0.25) is 0 Å². The predicted octanol–water partition coefficient (Wildman–Crippen LogP) is 2.53. The van der Waals surface area contributed by atoms with E-state index >= 15 is 0 Å². The van der Waals surface area contributed by atoms with Gasteiger partial charge in [-0.25, -0.2) is 0 Å². The molecule has 1 heterocycles. The molecule has 1 fully saturated rings. The van der Waals surface area contributed by atoms with E-state index in [0.29, 0.717) is 45.8 Å². The minimum atomic E-state index is -0.260. The molecule has 1 aliphatic heterocycles. The van der Waals surface area contributed by atoms with Gasteiger partial charge in [-0.1, -0.05) is 42.5 Å². The van der Waals surface area contributed by atoms with Crippen LogP contribution in [0.25, 0.3) is 0 Å². The minimum Gasteiger partial charge on any atom is -0.508 e. The second kappa shape index (κ2) is 12.4. The third-order valence-corrected chi connectivity index (χ3v) is 6.01. The lowest BCUT2D eigenvalue weighted by Crippen LogP contribution is -2.41. The van der Waals surface area contributed by atoms with Crippen LogP contribution >= 0.6 is 0 Å². The molecular formula is C26H35N3O4. The number of nitrogens with zero attached hydrogens (tertiary/aromatic N) is 3. The number of ether oxygens (including phenoxy) is 1. The van der Waals surface area contributed by atoms with Gasteiger partial charge in [0.1, 0.15) is 12.4 Å². The summed E-state index contributed by atoms with van der Waals surface area (Å²) in [5.74, 6) is 0.247. The zero-order valence-corrected chi connectivity index (χ0v) is 19.7. The fraction of sp³-hybridized carbons (Fsp3) is 0.462. The first-order valence-corrected chi connectivity index (χ1v) is 11.7. The Hall–Kier alpha value is -2.90. The van der Waals surface area contributed by atoms with E-state index in [1.165, 1.54) is 5.56 Å². The third-order valence-electron chi connectivity index (χ3n) is 6.01. The van der Waals surface area contributed by atoms with Crippen molar-refractivity contribution in [3.63, 3.8) is 0 Å². The van der Waals surface area contributed by atoms with Gasteiger partial charge in [0, 0.05) is 39.3 Å². The van der Waals surface area contributed by atoms with Crippen molar-refractivity contribution < 1.29 is 19.4 Å². The average Bonchev–Trinajstić information content (AvgIpc) is 2.97. The first kappa shape index (κ1) is 24.7. The Labute approximate surface area is 196 Å². The van der Waals surface area contributed by atoms with Crippen LogP contribution in [0.1, 0.15) is 25.0 Å². The number of carbonyl (C=O) groups is 2. The molecule has 2 aromatic carbocycles. The standard InChI is InChI=1S/C26H35N3O4/c1-3-28(4-2)26(32)20-33-24-17-27(16-22-10-12-23(30)13-11-22)19-25(31)29(18-24)15-14-21-8-6-5-7-9-21/h5-13,24,30H,3-4,14-20H2,1-2H3/t24-/m1/s1. The van der Waals surface area contributed by atoms with E-state index in [2.05, 4.69) is 17.0 Å².